The molecule has 110 valence electrons. The minimum absolute atomic E-state index is 0.223. The van der Waals surface area contributed by atoms with Crippen molar-refractivity contribution in [3.63, 3.8) is 0 Å². The lowest BCUT2D eigenvalue weighted by Crippen LogP contribution is -2.30. The van der Waals surface area contributed by atoms with Crippen molar-refractivity contribution in [2.75, 3.05) is 5.32 Å². The van der Waals surface area contributed by atoms with E-state index in [1.807, 2.05) is 25.1 Å². The van der Waals surface area contributed by atoms with Crippen molar-refractivity contribution in [1.29, 1.82) is 0 Å². The first-order chi connectivity index (χ1) is 9.95. The summed E-state index contributed by atoms with van der Waals surface area (Å²) < 4.78 is 6.42. The first-order valence-corrected chi connectivity index (χ1v) is 7.62. The molecule has 0 radical (unpaired) electrons. The summed E-state index contributed by atoms with van der Waals surface area (Å²) in [7, 11) is 0. The van der Waals surface area contributed by atoms with E-state index in [0.29, 0.717) is 16.5 Å². The number of hydrogen-bond acceptors (Lipinski definition) is 2. The summed E-state index contributed by atoms with van der Waals surface area (Å²) in [5, 5.41) is 3.40. The molecule has 0 fully saturated rings. The number of benzene rings is 2. The van der Waals surface area contributed by atoms with E-state index in [1.54, 1.807) is 31.2 Å². The molecule has 0 spiro atoms. The van der Waals surface area contributed by atoms with Crippen molar-refractivity contribution in [3.05, 3.63) is 57.5 Å². The third-order valence-electron chi connectivity index (χ3n) is 2.86. The van der Waals surface area contributed by atoms with Crippen LogP contribution in [0, 0.1) is 6.92 Å². The molecule has 2 aromatic carbocycles. The molecule has 1 amide bonds. The van der Waals surface area contributed by atoms with Crippen LogP contribution in [0.5, 0.6) is 5.75 Å². The number of aryl methyl sites for hydroxylation is 1. The predicted molar refractivity (Wildman–Crippen MR) is 89.1 cm³/mol. The third kappa shape index (κ3) is 4.48. The van der Waals surface area contributed by atoms with Crippen molar-refractivity contribution >= 4 is 39.1 Å². The van der Waals surface area contributed by atoms with Crippen molar-refractivity contribution in [2.24, 2.45) is 0 Å². The second-order valence-electron chi connectivity index (χ2n) is 4.69. The minimum atomic E-state index is -0.628. The molecule has 2 rings (SSSR count). The minimum Gasteiger partial charge on any atom is -0.481 e. The standard InChI is InChI=1S/C16H15BrClNO2/c1-10-6-7-15(14(17)8-10)19-16(20)11(2)21-13-5-3-4-12(18)9-13/h3-9,11H,1-2H3,(H,19,20). The zero-order chi connectivity index (χ0) is 15.4. The van der Waals surface area contributed by atoms with Crippen LogP contribution >= 0.6 is 27.5 Å². The Morgan fingerprint density at radius 1 is 1.29 bits per heavy atom. The third-order valence-corrected chi connectivity index (χ3v) is 3.75. The van der Waals surface area contributed by atoms with Gasteiger partial charge in [-0.1, -0.05) is 23.7 Å². The smallest absolute Gasteiger partial charge is 0.265 e. The monoisotopic (exact) mass is 367 g/mol. The maximum atomic E-state index is 12.1. The highest BCUT2D eigenvalue weighted by Crippen LogP contribution is 2.24. The highest BCUT2D eigenvalue weighted by Gasteiger charge is 2.16. The van der Waals surface area contributed by atoms with Crippen LogP contribution in [0.1, 0.15) is 12.5 Å². The van der Waals surface area contributed by atoms with E-state index in [-0.39, 0.29) is 5.91 Å². The molecule has 3 nitrogen and oxygen atoms in total. The Kier molecular flexibility index (Phi) is 5.26. The summed E-state index contributed by atoms with van der Waals surface area (Å²) in [6.45, 7) is 3.68. The van der Waals surface area contributed by atoms with E-state index in [4.69, 9.17) is 16.3 Å². The zero-order valence-electron chi connectivity index (χ0n) is 11.7. The SMILES string of the molecule is Cc1ccc(NC(=O)C(C)Oc2cccc(Cl)c2)c(Br)c1. The number of hydrogen-bond donors (Lipinski definition) is 1. The maximum Gasteiger partial charge on any atom is 0.265 e. The van der Waals surface area contributed by atoms with Crippen LogP contribution in [-0.2, 0) is 4.79 Å². The van der Waals surface area contributed by atoms with Crippen LogP contribution in [0.2, 0.25) is 5.02 Å². The normalized spacial score (nSPS) is 11.8. The number of anilines is 1. The fraction of sp³-hybridized carbons (Fsp3) is 0.188. The Labute approximate surface area is 137 Å². The van der Waals surface area contributed by atoms with E-state index in [2.05, 4.69) is 21.2 Å². The van der Waals surface area contributed by atoms with Crippen molar-refractivity contribution in [3.8, 4) is 5.75 Å². The summed E-state index contributed by atoms with van der Waals surface area (Å²) >= 11 is 9.31. The highest BCUT2D eigenvalue weighted by molar-refractivity contribution is 9.10. The fourth-order valence-electron chi connectivity index (χ4n) is 1.75. The summed E-state index contributed by atoms with van der Waals surface area (Å²) in [4.78, 5) is 12.1. The topological polar surface area (TPSA) is 38.3 Å². The molecule has 0 bridgehead atoms. The molecule has 1 N–H and O–H groups in total. The Morgan fingerprint density at radius 2 is 2.05 bits per heavy atom. The van der Waals surface area contributed by atoms with Crippen LogP contribution in [0.15, 0.2) is 46.9 Å². The molecule has 0 aliphatic heterocycles. The molecule has 0 heterocycles. The Bertz CT molecular complexity index is 660. The van der Waals surface area contributed by atoms with E-state index in [0.717, 1.165) is 10.0 Å². The van der Waals surface area contributed by atoms with Crippen LogP contribution in [-0.4, -0.2) is 12.0 Å². The van der Waals surface area contributed by atoms with Gasteiger partial charge in [0.15, 0.2) is 6.10 Å². The van der Waals surface area contributed by atoms with Gasteiger partial charge in [0, 0.05) is 9.50 Å². The molecule has 0 aliphatic rings. The van der Waals surface area contributed by atoms with Gasteiger partial charge in [-0.2, -0.15) is 0 Å². The van der Waals surface area contributed by atoms with Gasteiger partial charge in [-0.15, -0.1) is 0 Å². The zero-order valence-corrected chi connectivity index (χ0v) is 14.0. The second kappa shape index (κ2) is 6.96. The van der Waals surface area contributed by atoms with Gasteiger partial charge in [-0.3, -0.25) is 4.79 Å². The number of nitrogens with one attached hydrogen (secondary N) is 1. The number of halogens is 2. The molecule has 1 unspecified atom stereocenters. The first kappa shape index (κ1) is 15.9. The van der Waals surface area contributed by atoms with Gasteiger partial charge in [-0.25, -0.2) is 0 Å². The largest absolute Gasteiger partial charge is 0.481 e. The quantitative estimate of drug-likeness (QED) is 0.840. The molecule has 0 saturated carbocycles. The number of ether oxygens (including phenoxy) is 1. The number of rotatable bonds is 4. The molecule has 0 aromatic heterocycles. The molecule has 0 aliphatic carbocycles. The molecular weight excluding hydrogens is 354 g/mol. The average Bonchev–Trinajstić information content (AvgIpc) is 2.41. The van der Waals surface area contributed by atoms with Crippen molar-refractivity contribution in [2.45, 2.75) is 20.0 Å². The number of amides is 1. The lowest BCUT2D eigenvalue weighted by atomic mass is 10.2. The number of carbonyl (C=O) groups is 1. The van der Waals surface area contributed by atoms with Crippen LogP contribution in [0.3, 0.4) is 0 Å². The van der Waals surface area contributed by atoms with Gasteiger partial charge < -0.3 is 10.1 Å². The summed E-state index contributed by atoms with van der Waals surface area (Å²) in [5.74, 6) is 0.340. The lowest BCUT2D eigenvalue weighted by molar-refractivity contribution is -0.122. The van der Waals surface area contributed by atoms with E-state index in [9.17, 15) is 4.79 Å². The van der Waals surface area contributed by atoms with Gasteiger partial charge >= 0.3 is 0 Å². The van der Waals surface area contributed by atoms with Crippen molar-refractivity contribution in [1.82, 2.24) is 0 Å². The van der Waals surface area contributed by atoms with Gasteiger partial charge in [0.25, 0.3) is 5.91 Å². The summed E-state index contributed by atoms with van der Waals surface area (Å²) in [6, 6.07) is 12.7. The molecule has 2 aromatic rings. The number of carbonyl (C=O) groups excluding carboxylic acids is 1. The summed E-state index contributed by atoms with van der Waals surface area (Å²) in [5.41, 5.74) is 1.83. The van der Waals surface area contributed by atoms with Crippen LogP contribution in [0.25, 0.3) is 0 Å². The Hall–Kier alpha value is -1.52. The van der Waals surface area contributed by atoms with E-state index >= 15 is 0 Å². The molecule has 1 atom stereocenters. The van der Waals surface area contributed by atoms with E-state index < -0.39 is 6.10 Å². The summed E-state index contributed by atoms with van der Waals surface area (Å²) in [6.07, 6.45) is -0.628. The Balaban J connectivity index is 2.02. The molecule has 5 heteroatoms. The molecule has 21 heavy (non-hydrogen) atoms. The van der Waals surface area contributed by atoms with Gasteiger partial charge in [0.05, 0.1) is 5.69 Å². The fourth-order valence-corrected chi connectivity index (χ4v) is 2.53. The molecular formula is C16H15BrClNO2. The van der Waals surface area contributed by atoms with Crippen LogP contribution < -0.4 is 10.1 Å². The van der Waals surface area contributed by atoms with Crippen molar-refractivity contribution < 1.29 is 9.53 Å². The molecule has 0 saturated heterocycles. The van der Waals surface area contributed by atoms with Gasteiger partial charge in [0.2, 0.25) is 0 Å². The lowest BCUT2D eigenvalue weighted by Gasteiger charge is -2.15. The van der Waals surface area contributed by atoms with Gasteiger partial charge in [-0.05, 0) is 65.7 Å². The van der Waals surface area contributed by atoms with E-state index in [1.165, 1.54) is 0 Å². The predicted octanol–water partition coefficient (Wildman–Crippen LogP) is 4.82. The average molecular weight is 369 g/mol. The van der Waals surface area contributed by atoms with Crippen LogP contribution in [0.4, 0.5) is 5.69 Å². The highest BCUT2D eigenvalue weighted by atomic mass is 79.9. The van der Waals surface area contributed by atoms with Gasteiger partial charge in [0.1, 0.15) is 5.75 Å². The Morgan fingerprint density at radius 3 is 2.71 bits per heavy atom. The second-order valence-corrected chi connectivity index (χ2v) is 5.98. The first-order valence-electron chi connectivity index (χ1n) is 6.45. The maximum absolute atomic E-state index is 12.1.